The van der Waals surface area contributed by atoms with E-state index in [1.807, 2.05) is 0 Å². The molecule has 180 valence electrons. The van der Waals surface area contributed by atoms with E-state index in [2.05, 4.69) is 10.2 Å². The molecule has 1 aliphatic heterocycles. The molecule has 4 N–H and O–H groups in total. The van der Waals surface area contributed by atoms with Gasteiger partial charge in [-0.15, -0.1) is 10.2 Å². The van der Waals surface area contributed by atoms with Crippen LogP contribution in [0.25, 0.3) is 10.8 Å². The number of rotatable bonds is 5. The van der Waals surface area contributed by atoms with Crippen LogP contribution in [0.4, 0.5) is 17.1 Å². The Morgan fingerprint density at radius 3 is 2.20 bits per heavy atom. The van der Waals surface area contributed by atoms with E-state index >= 15 is 0 Å². The summed E-state index contributed by atoms with van der Waals surface area (Å²) >= 11 is 0. The summed E-state index contributed by atoms with van der Waals surface area (Å²) in [6.45, 7) is 0.877. The smallest absolute Gasteiger partial charge is 0.507 e. The number of anilines is 1. The first kappa shape index (κ1) is 27.5. The van der Waals surface area contributed by atoms with Crippen molar-refractivity contribution in [3.05, 3.63) is 48.5 Å². The Kier molecular flexibility index (Phi) is 8.58. The van der Waals surface area contributed by atoms with Gasteiger partial charge in [0.1, 0.15) is 22.0 Å². The monoisotopic (exact) mass is 527 g/mol. The van der Waals surface area contributed by atoms with Gasteiger partial charge in [0.2, 0.25) is 10.0 Å². The third-order valence-corrected chi connectivity index (χ3v) is 8.46. The predicted octanol–water partition coefficient (Wildman–Crippen LogP) is 1.36. The number of fused-ring (bicyclic) bond motifs is 1. The van der Waals surface area contributed by atoms with Crippen molar-refractivity contribution in [1.29, 1.82) is 0 Å². The summed E-state index contributed by atoms with van der Waals surface area (Å²) in [4.78, 5) is -0.476. The van der Waals surface area contributed by atoms with Crippen molar-refractivity contribution in [3.8, 4) is 5.75 Å². The molecule has 35 heavy (non-hydrogen) atoms. The number of benzene rings is 3. The maximum Gasteiger partial charge on any atom is 1.00 e. The molecular formula is C22H24N4NaO6S2+. The second-order valence-corrected chi connectivity index (χ2v) is 11.3. The van der Waals surface area contributed by atoms with E-state index in [4.69, 9.17) is 5.73 Å². The topological polar surface area (TPSA) is 163 Å². The van der Waals surface area contributed by atoms with E-state index in [-0.39, 0.29) is 62.3 Å². The molecule has 3 aromatic carbocycles. The van der Waals surface area contributed by atoms with Crippen LogP contribution in [0.5, 0.6) is 5.75 Å². The maximum atomic E-state index is 13.3. The molecule has 1 heterocycles. The number of azo groups is 1. The van der Waals surface area contributed by atoms with Crippen molar-refractivity contribution in [1.82, 2.24) is 4.31 Å². The predicted molar refractivity (Wildman–Crippen MR) is 128 cm³/mol. The Morgan fingerprint density at radius 1 is 0.886 bits per heavy atom. The largest absolute Gasteiger partial charge is 1.00 e. The molecular weight excluding hydrogens is 503 g/mol. The summed E-state index contributed by atoms with van der Waals surface area (Å²) < 4.78 is 60.4. The zero-order valence-electron chi connectivity index (χ0n) is 19.1. The third-order valence-electron chi connectivity index (χ3n) is 5.68. The average molecular weight is 528 g/mol. The molecule has 0 unspecified atom stereocenters. The van der Waals surface area contributed by atoms with Crippen LogP contribution in [0.1, 0.15) is 25.7 Å². The van der Waals surface area contributed by atoms with Gasteiger partial charge in [0.05, 0.1) is 16.0 Å². The minimum atomic E-state index is -4.55. The number of nitrogens with two attached hydrogens (primary N) is 1. The number of hydrogen-bond donors (Lipinski definition) is 3. The molecule has 0 spiro atoms. The first-order valence-corrected chi connectivity index (χ1v) is 13.5. The van der Waals surface area contributed by atoms with Crippen LogP contribution in [0, 0.1) is 0 Å². The van der Waals surface area contributed by atoms with E-state index in [1.165, 1.54) is 34.6 Å². The molecule has 0 amide bonds. The molecule has 0 aromatic heterocycles. The molecule has 1 saturated heterocycles. The average Bonchev–Trinajstić information content (AvgIpc) is 3.08. The molecule has 0 saturated carbocycles. The minimum Gasteiger partial charge on any atom is -0.507 e. The fourth-order valence-electron chi connectivity index (χ4n) is 3.95. The van der Waals surface area contributed by atoms with Gasteiger partial charge in [-0.2, -0.15) is 12.7 Å². The van der Waals surface area contributed by atoms with E-state index in [9.17, 15) is 26.5 Å². The molecule has 1 aliphatic rings. The first-order valence-electron chi connectivity index (χ1n) is 10.6. The van der Waals surface area contributed by atoms with Gasteiger partial charge >= 0.3 is 29.6 Å². The summed E-state index contributed by atoms with van der Waals surface area (Å²) in [7, 11) is -8.35. The fraction of sp³-hybridized carbons (Fsp3) is 0.273. The second kappa shape index (κ2) is 10.9. The van der Waals surface area contributed by atoms with Crippen LogP contribution in [0.2, 0.25) is 0 Å². The number of sulfonamides is 1. The number of nitrogens with zero attached hydrogens (tertiary/aromatic N) is 3. The van der Waals surface area contributed by atoms with Gasteiger partial charge in [0.25, 0.3) is 10.1 Å². The summed E-state index contributed by atoms with van der Waals surface area (Å²) in [5.41, 5.74) is 6.33. The molecule has 0 bridgehead atoms. The van der Waals surface area contributed by atoms with Crippen LogP contribution >= 0.6 is 0 Å². The van der Waals surface area contributed by atoms with Gasteiger partial charge in [0.15, 0.2) is 0 Å². The van der Waals surface area contributed by atoms with Gasteiger partial charge in [-0.3, -0.25) is 4.55 Å². The number of phenolic OH excluding ortho intramolecular Hbond substituents is 1. The zero-order valence-corrected chi connectivity index (χ0v) is 22.8. The van der Waals surface area contributed by atoms with E-state index in [0.717, 1.165) is 31.7 Å². The number of phenols is 1. The maximum absolute atomic E-state index is 13.3. The fourth-order valence-corrected chi connectivity index (χ4v) is 6.13. The Bertz CT molecular complexity index is 1490. The molecule has 13 heteroatoms. The summed E-state index contributed by atoms with van der Waals surface area (Å²) in [6, 6.07) is 11.2. The van der Waals surface area contributed by atoms with Gasteiger partial charge in [-0.1, -0.05) is 31.0 Å². The third kappa shape index (κ3) is 5.85. The van der Waals surface area contributed by atoms with Gasteiger partial charge in [0, 0.05) is 19.2 Å². The Morgan fingerprint density at radius 2 is 1.54 bits per heavy atom. The van der Waals surface area contributed by atoms with Crippen molar-refractivity contribution in [2.45, 2.75) is 35.5 Å². The summed E-state index contributed by atoms with van der Waals surface area (Å²) in [5, 5.41) is 19.1. The van der Waals surface area contributed by atoms with Crippen molar-refractivity contribution in [2.75, 3.05) is 18.8 Å². The van der Waals surface area contributed by atoms with Gasteiger partial charge < -0.3 is 10.8 Å². The standard InChI is InChI=1S/C22H24N4O6S2.Na/c23-17-10-9-15-13-16(34(30,31)32)14-19(27)21(15)22(17)25-24-18-7-3-4-8-20(18)33(28,29)26-11-5-1-2-6-12-26;/h3-4,7-10,13-14,27H,1-2,5-6,11-12,23H2,(H,30,31,32);/q;+1. The van der Waals surface area contributed by atoms with E-state index in [1.54, 1.807) is 12.1 Å². The molecule has 10 nitrogen and oxygen atoms in total. The van der Waals surface area contributed by atoms with Crippen molar-refractivity contribution >= 4 is 48.0 Å². The second-order valence-electron chi connectivity index (χ2n) is 8.00. The van der Waals surface area contributed by atoms with Gasteiger partial charge in [-0.05, 0) is 42.5 Å². The van der Waals surface area contributed by atoms with Crippen LogP contribution < -0.4 is 35.3 Å². The Labute approximate surface area is 225 Å². The van der Waals surface area contributed by atoms with Crippen LogP contribution in [0.3, 0.4) is 0 Å². The van der Waals surface area contributed by atoms with E-state index in [0.29, 0.717) is 13.1 Å². The van der Waals surface area contributed by atoms with Crippen LogP contribution in [-0.2, 0) is 20.1 Å². The molecule has 3 aromatic rings. The number of hydrogen-bond acceptors (Lipinski definition) is 8. The van der Waals surface area contributed by atoms with Crippen molar-refractivity contribution < 1.29 is 56.1 Å². The summed E-state index contributed by atoms with van der Waals surface area (Å²) in [5.74, 6) is -0.475. The number of aromatic hydroxyl groups is 1. The van der Waals surface area contributed by atoms with Crippen LogP contribution in [0.15, 0.2) is 68.6 Å². The molecule has 0 radical (unpaired) electrons. The normalized spacial score (nSPS) is 15.7. The molecule has 0 atom stereocenters. The molecule has 1 fully saturated rings. The quantitative estimate of drug-likeness (QED) is 0.195. The summed E-state index contributed by atoms with van der Waals surface area (Å²) in [6.07, 6.45) is 3.55. The van der Waals surface area contributed by atoms with Crippen molar-refractivity contribution in [2.24, 2.45) is 10.2 Å². The molecule has 4 rings (SSSR count). The minimum absolute atomic E-state index is 0. The number of nitrogen functional groups attached to an aromatic ring is 1. The first-order chi connectivity index (χ1) is 16.1. The van der Waals surface area contributed by atoms with Gasteiger partial charge in [-0.25, -0.2) is 8.42 Å². The SMILES string of the molecule is Nc1ccc2cc(S(=O)(=O)O)cc(O)c2c1N=Nc1ccccc1S(=O)(=O)N1CCCCCC1.[Na+]. The Balaban J connectivity index is 0.00000342. The molecule has 0 aliphatic carbocycles. The van der Waals surface area contributed by atoms with E-state index < -0.39 is 30.8 Å². The zero-order chi connectivity index (χ0) is 24.5. The Hall–Kier alpha value is -2.06. The van der Waals surface area contributed by atoms with Crippen molar-refractivity contribution in [3.63, 3.8) is 0 Å². The van der Waals surface area contributed by atoms with Crippen LogP contribution in [-0.4, -0.2) is 43.9 Å².